The Morgan fingerprint density at radius 2 is 0.660 bits per heavy atom. The highest BCUT2D eigenvalue weighted by Gasteiger charge is 2.29. The van der Waals surface area contributed by atoms with Crippen LogP contribution in [0.4, 0.5) is 0 Å². The summed E-state index contributed by atoms with van der Waals surface area (Å²) in [6.45, 7) is 8.25. The molecule has 0 rings (SSSR count). The molecule has 0 aromatic heterocycles. The standard InChI is InChI=1S/C42H84N2O6/c1-5-7-9-11-13-15-17-19-21-23-25-27-39-49-41(47)29-31-43(3,33-34-44(4,35-37-45)36-38-46)32-30-42(48)50-40-28-26-24-22-20-18-16-14-12-10-8-6-2/h5-40H2,1-4H3. The number of esters is 2. The summed E-state index contributed by atoms with van der Waals surface area (Å²) in [7, 11) is 4.03. The molecule has 0 bridgehead atoms. The van der Waals surface area contributed by atoms with Gasteiger partial charge in [0.15, 0.2) is 0 Å². The molecule has 0 radical (unpaired) electrons. The maximum Gasteiger partial charge on any atom is 0.311 e. The third-order valence-corrected chi connectivity index (χ3v) is 10.7. The van der Waals surface area contributed by atoms with Gasteiger partial charge in [0.05, 0.1) is 66.3 Å². The largest absolute Gasteiger partial charge is 0.850 e. The van der Waals surface area contributed by atoms with E-state index >= 15 is 0 Å². The van der Waals surface area contributed by atoms with E-state index in [0.29, 0.717) is 61.4 Å². The first kappa shape index (κ1) is 48.8. The minimum atomic E-state index is -0.225. The Kier molecular flexibility index (Phi) is 34.0. The number of carbonyl (C=O) groups excluding carboxylic acids is 2. The molecule has 0 atom stereocenters. The second-order valence-corrected chi connectivity index (χ2v) is 15.7. The summed E-state index contributed by atoms with van der Waals surface area (Å²) in [5.41, 5.74) is 0. The minimum Gasteiger partial charge on any atom is -0.850 e. The van der Waals surface area contributed by atoms with Crippen LogP contribution in [0.3, 0.4) is 0 Å². The van der Waals surface area contributed by atoms with Crippen LogP contribution in [0, 0.1) is 0 Å². The maximum absolute atomic E-state index is 12.7. The van der Waals surface area contributed by atoms with Gasteiger partial charge in [-0.2, -0.15) is 0 Å². The third kappa shape index (κ3) is 31.5. The van der Waals surface area contributed by atoms with Crippen molar-refractivity contribution in [1.29, 1.82) is 0 Å². The number of hydrogen-bond donors (Lipinski definition) is 0. The Morgan fingerprint density at radius 1 is 0.400 bits per heavy atom. The van der Waals surface area contributed by atoms with E-state index in [9.17, 15) is 19.8 Å². The second-order valence-electron chi connectivity index (χ2n) is 15.7. The van der Waals surface area contributed by atoms with E-state index in [1.807, 2.05) is 7.05 Å². The Balaban J connectivity index is 4.41. The number of carbonyl (C=O) groups is 2. The highest BCUT2D eigenvalue weighted by molar-refractivity contribution is 5.70. The lowest BCUT2D eigenvalue weighted by Gasteiger charge is -2.41. The van der Waals surface area contributed by atoms with Crippen LogP contribution < -0.4 is 10.2 Å². The second kappa shape index (κ2) is 34.8. The van der Waals surface area contributed by atoms with E-state index in [1.54, 1.807) is 0 Å². The van der Waals surface area contributed by atoms with Gasteiger partial charge in [-0.05, 0) is 12.8 Å². The van der Waals surface area contributed by atoms with Crippen molar-refractivity contribution in [3.05, 3.63) is 0 Å². The van der Waals surface area contributed by atoms with Gasteiger partial charge in [0.1, 0.15) is 13.1 Å². The van der Waals surface area contributed by atoms with E-state index in [2.05, 4.69) is 20.9 Å². The van der Waals surface area contributed by atoms with Gasteiger partial charge in [0.25, 0.3) is 0 Å². The first-order chi connectivity index (χ1) is 24.2. The van der Waals surface area contributed by atoms with Crippen LogP contribution in [-0.2, 0) is 19.1 Å². The van der Waals surface area contributed by atoms with Crippen molar-refractivity contribution in [3.8, 4) is 0 Å². The number of nitrogens with zero attached hydrogens (tertiary/aromatic N) is 2. The normalized spacial score (nSPS) is 12.0. The van der Waals surface area contributed by atoms with E-state index in [4.69, 9.17) is 9.47 Å². The summed E-state index contributed by atoms with van der Waals surface area (Å²) in [6, 6.07) is 0. The lowest BCUT2D eigenvalue weighted by atomic mass is 10.1. The zero-order chi connectivity index (χ0) is 37.0. The van der Waals surface area contributed by atoms with Crippen molar-refractivity contribution in [1.82, 2.24) is 0 Å². The molecule has 0 unspecified atom stereocenters. The number of quaternary nitrogens is 2. The monoisotopic (exact) mass is 713 g/mol. The van der Waals surface area contributed by atoms with E-state index < -0.39 is 0 Å². The van der Waals surface area contributed by atoms with Gasteiger partial charge in [-0.15, -0.1) is 0 Å². The van der Waals surface area contributed by atoms with Crippen LogP contribution in [0.15, 0.2) is 0 Å². The average Bonchev–Trinajstić information content (AvgIpc) is 3.10. The van der Waals surface area contributed by atoms with Crippen LogP contribution in [0.1, 0.15) is 181 Å². The summed E-state index contributed by atoms with van der Waals surface area (Å²) >= 11 is 0. The fourth-order valence-corrected chi connectivity index (χ4v) is 6.72. The van der Waals surface area contributed by atoms with Gasteiger partial charge in [-0.1, -0.05) is 168 Å². The molecule has 8 heteroatoms. The molecule has 0 aliphatic carbocycles. The fraction of sp³-hybridized carbons (Fsp3) is 0.952. The number of likely N-dealkylation sites (N-methyl/N-ethyl adjacent to an activating group) is 2. The zero-order valence-electron chi connectivity index (χ0n) is 33.8. The van der Waals surface area contributed by atoms with Crippen molar-refractivity contribution in [2.75, 3.05) is 79.8 Å². The van der Waals surface area contributed by atoms with Crippen LogP contribution >= 0.6 is 0 Å². The molecule has 0 N–H and O–H groups in total. The quantitative estimate of drug-likeness (QED) is 0.0366. The van der Waals surface area contributed by atoms with Crippen LogP contribution in [0.5, 0.6) is 0 Å². The molecule has 8 nitrogen and oxygen atoms in total. The van der Waals surface area contributed by atoms with Gasteiger partial charge in [-0.25, -0.2) is 0 Å². The van der Waals surface area contributed by atoms with Crippen LogP contribution in [-0.4, -0.2) is 101 Å². The number of unbranched alkanes of at least 4 members (excludes halogenated alkanes) is 22. The predicted molar refractivity (Wildman–Crippen MR) is 205 cm³/mol. The van der Waals surface area contributed by atoms with Gasteiger partial charge < -0.3 is 28.7 Å². The molecular weight excluding hydrogens is 628 g/mol. The van der Waals surface area contributed by atoms with E-state index in [1.165, 1.54) is 128 Å². The summed E-state index contributed by atoms with van der Waals surface area (Å²) in [4.78, 5) is 25.3. The fourth-order valence-electron chi connectivity index (χ4n) is 6.72. The summed E-state index contributed by atoms with van der Waals surface area (Å²) in [6.07, 6.45) is 31.1. The summed E-state index contributed by atoms with van der Waals surface area (Å²) < 4.78 is 12.1. The number of hydrogen-bond acceptors (Lipinski definition) is 6. The molecular formula is C42H84N2O6. The first-order valence-corrected chi connectivity index (χ1v) is 21.4. The lowest BCUT2D eigenvalue weighted by molar-refractivity contribution is -0.967. The van der Waals surface area contributed by atoms with Gasteiger partial charge >= 0.3 is 11.9 Å². The molecule has 0 fully saturated rings. The molecule has 0 amide bonds. The van der Waals surface area contributed by atoms with E-state index in [-0.39, 0.29) is 38.0 Å². The van der Waals surface area contributed by atoms with Crippen molar-refractivity contribution in [3.63, 3.8) is 0 Å². The molecule has 0 saturated carbocycles. The Hall–Kier alpha value is -1.22. The molecule has 298 valence electrons. The average molecular weight is 713 g/mol. The van der Waals surface area contributed by atoms with Crippen molar-refractivity contribution in [2.24, 2.45) is 0 Å². The number of rotatable bonds is 39. The van der Waals surface area contributed by atoms with Crippen molar-refractivity contribution in [2.45, 2.75) is 181 Å². The first-order valence-electron chi connectivity index (χ1n) is 21.4. The molecule has 0 saturated heterocycles. The van der Waals surface area contributed by atoms with Gasteiger partial charge in [0.2, 0.25) is 0 Å². The topological polar surface area (TPSA) is 98.7 Å². The summed E-state index contributed by atoms with van der Waals surface area (Å²) in [5.74, 6) is -0.383. The number of ether oxygens (including phenoxy) is 2. The van der Waals surface area contributed by atoms with Gasteiger partial charge in [-0.3, -0.25) is 9.59 Å². The lowest BCUT2D eigenvalue weighted by Crippen LogP contribution is -2.58. The smallest absolute Gasteiger partial charge is 0.311 e. The Bertz CT molecular complexity index is 713. The molecule has 0 aromatic rings. The molecule has 0 aliphatic rings. The zero-order valence-corrected chi connectivity index (χ0v) is 33.8. The van der Waals surface area contributed by atoms with Crippen LogP contribution in [0.25, 0.3) is 0 Å². The maximum atomic E-state index is 12.7. The van der Waals surface area contributed by atoms with E-state index in [0.717, 1.165) is 25.7 Å². The van der Waals surface area contributed by atoms with Crippen molar-refractivity contribution >= 4 is 11.9 Å². The van der Waals surface area contributed by atoms with Crippen molar-refractivity contribution < 1.29 is 38.2 Å². The highest BCUT2D eigenvalue weighted by atomic mass is 16.5. The predicted octanol–water partition coefficient (Wildman–Crippen LogP) is 7.87. The Labute approximate surface area is 310 Å². The molecule has 0 aromatic carbocycles. The molecule has 0 heterocycles. The Morgan fingerprint density at radius 3 is 0.940 bits per heavy atom. The SMILES string of the molecule is CCCCCCCCCCCCCCOC(=O)CC[N+](C)(CCC(=O)OCCCCCCCCCCCCCC)CC[N+](C)(CC[O-])CC[O-]. The molecule has 0 spiro atoms. The third-order valence-electron chi connectivity index (χ3n) is 10.7. The minimum absolute atomic E-state index is 0.191. The summed E-state index contributed by atoms with van der Waals surface area (Å²) in [5, 5.41) is 22.9. The van der Waals surface area contributed by atoms with Crippen LogP contribution in [0.2, 0.25) is 0 Å². The molecule has 0 aliphatic heterocycles. The highest BCUT2D eigenvalue weighted by Crippen LogP contribution is 2.15. The molecule has 50 heavy (non-hydrogen) atoms. The van der Waals surface area contributed by atoms with Gasteiger partial charge in [0, 0.05) is 0 Å².